The van der Waals surface area contributed by atoms with Crippen LogP contribution in [-0.4, -0.2) is 31.1 Å². The average molecular weight is 398 g/mol. The molecule has 8 heteroatoms. The summed E-state index contributed by atoms with van der Waals surface area (Å²) in [6.07, 6.45) is 1.43. The third-order valence-electron chi connectivity index (χ3n) is 4.69. The highest BCUT2D eigenvalue weighted by Gasteiger charge is 2.27. The molecule has 7 nitrogen and oxygen atoms in total. The first-order valence-electron chi connectivity index (χ1n) is 9.10. The molecule has 0 radical (unpaired) electrons. The molecule has 1 aromatic carbocycles. The highest BCUT2D eigenvalue weighted by atomic mass is 32.1. The van der Waals surface area contributed by atoms with Crippen molar-refractivity contribution < 1.29 is 9.53 Å². The molecule has 1 aliphatic rings. The van der Waals surface area contributed by atoms with Gasteiger partial charge in [0.05, 0.1) is 12.1 Å². The summed E-state index contributed by atoms with van der Waals surface area (Å²) >= 11 is 5.36. The number of hydrogen-bond donors (Lipinski definition) is 2. The van der Waals surface area contributed by atoms with Crippen LogP contribution in [0.25, 0.3) is 11.0 Å². The van der Waals surface area contributed by atoms with Gasteiger partial charge in [0.2, 0.25) is 0 Å². The fourth-order valence-corrected chi connectivity index (χ4v) is 3.70. The molecule has 3 aromatic rings. The van der Waals surface area contributed by atoms with Crippen molar-refractivity contribution in [1.29, 1.82) is 0 Å². The van der Waals surface area contributed by atoms with E-state index >= 15 is 0 Å². The minimum atomic E-state index is -0.514. The van der Waals surface area contributed by atoms with E-state index in [0.717, 1.165) is 22.2 Å². The summed E-state index contributed by atoms with van der Waals surface area (Å²) in [5, 5.41) is 0. The number of amides is 1. The van der Waals surface area contributed by atoms with Crippen LogP contribution in [0.4, 0.5) is 4.79 Å². The standard InChI is InChI=1S/C20H22N4O3S/c1-20(2,3)27-19(26)23-10-13-5-4-12(8-14(13)11-23)9-24-15-6-7-21-16(15)17(25)22-18(24)28/h4-8,21H,9-11H2,1-3H3,(H,22,25,28). The van der Waals surface area contributed by atoms with Crippen LogP contribution >= 0.6 is 12.2 Å². The number of nitrogens with zero attached hydrogens (tertiary/aromatic N) is 2. The zero-order valence-electron chi connectivity index (χ0n) is 16.0. The Balaban J connectivity index is 1.59. The maximum absolute atomic E-state index is 12.3. The van der Waals surface area contributed by atoms with Crippen molar-refractivity contribution in [2.24, 2.45) is 0 Å². The number of rotatable bonds is 2. The van der Waals surface area contributed by atoms with Gasteiger partial charge >= 0.3 is 6.09 Å². The van der Waals surface area contributed by atoms with Crippen molar-refractivity contribution in [2.45, 2.75) is 46.0 Å². The first-order valence-corrected chi connectivity index (χ1v) is 9.51. The van der Waals surface area contributed by atoms with Crippen LogP contribution in [0.1, 0.15) is 37.5 Å². The van der Waals surface area contributed by atoms with Crippen LogP contribution in [-0.2, 0) is 24.4 Å². The Morgan fingerprint density at radius 2 is 1.96 bits per heavy atom. The van der Waals surface area contributed by atoms with Crippen LogP contribution in [0.15, 0.2) is 35.3 Å². The van der Waals surface area contributed by atoms with Gasteiger partial charge in [-0.15, -0.1) is 0 Å². The molecule has 0 saturated heterocycles. The van der Waals surface area contributed by atoms with Gasteiger partial charge < -0.3 is 14.3 Å². The third-order valence-corrected chi connectivity index (χ3v) is 5.02. The summed E-state index contributed by atoms with van der Waals surface area (Å²) in [6.45, 7) is 7.19. The lowest BCUT2D eigenvalue weighted by molar-refractivity contribution is 0.0242. The average Bonchev–Trinajstić information content (AvgIpc) is 3.23. The second-order valence-electron chi connectivity index (χ2n) is 8.02. The van der Waals surface area contributed by atoms with E-state index in [1.807, 2.05) is 43.5 Å². The molecule has 3 heterocycles. The number of carbonyl (C=O) groups excluding carboxylic acids is 1. The van der Waals surface area contributed by atoms with Crippen molar-refractivity contribution in [3.8, 4) is 0 Å². The lowest BCUT2D eigenvalue weighted by Crippen LogP contribution is -2.33. The number of aromatic nitrogens is 3. The number of fused-ring (bicyclic) bond motifs is 2. The van der Waals surface area contributed by atoms with E-state index < -0.39 is 5.60 Å². The number of hydrogen-bond acceptors (Lipinski definition) is 4. The fourth-order valence-electron chi connectivity index (χ4n) is 3.45. The van der Waals surface area contributed by atoms with Gasteiger partial charge in [-0.05, 0) is 55.7 Å². The molecule has 0 spiro atoms. The molecule has 0 atom stereocenters. The third kappa shape index (κ3) is 3.47. The van der Waals surface area contributed by atoms with Crippen LogP contribution in [0.3, 0.4) is 0 Å². The van der Waals surface area contributed by atoms with E-state index in [0.29, 0.717) is 29.9 Å². The second kappa shape index (κ2) is 6.63. The SMILES string of the molecule is CC(C)(C)OC(=O)N1Cc2ccc(Cn3c(=S)[nH]c(=O)c4[nH]ccc43)cc2C1. The minimum absolute atomic E-state index is 0.219. The first kappa shape index (κ1) is 18.5. The summed E-state index contributed by atoms with van der Waals surface area (Å²) < 4.78 is 7.75. The van der Waals surface area contributed by atoms with Crippen LogP contribution in [0, 0.1) is 4.77 Å². The molecule has 1 aliphatic heterocycles. The van der Waals surface area contributed by atoms with E-state index in [2.05, 4.69) is 16.0 Å². The lowest BCUT2D eigenvalue weighted by Gasteiger charge is -2.24. The summed E-state index contributed by atoms with van der Waals surface area (Å²) in [4.78, 5) is 31.7. The van der Waals surface area contributed by atoms with E-state index in [4.69, 9.17) is 17.0 Å². The first-order chi connectivity index (χ1) is 13.2. The molecule has 2 N–H and O–H groups in total. The molecule has 0 unspecified atom stereocenters. The van der Waals surface area contributed by atoms with E-state index in [1.54, 1.807) is 11.1 Å². The predicted molar refractivity (Wildman–Crippen MR) is 109 cm³/mol. The highest BCUT2D eigenvalue weighted by molar-refractivity contribution is 7.71. The van der Waals surface area contributed by atoms with Gasteiger partial charge in [-0.25, -0.2) is 4.79 Å². The predicted octanol–water partition coefficient (Wildman–Crippen LogP) is 3.69. The Morgan fingerprint density at radius 3 is 2.71 bits per heavy atom. The maximum atomic E-state index is 12.3. The largest absolute Gasteiger partial charge is 0.444 e. The molecule has 2 aromatic heterocycles. The van der Waals surface area contributed by atoms with Gasteiger partial charge in [-0.2, -0.15) is 0 Å². The second-order valence-corrected chi connectivity index (χ2v) is 8.41. The quantitative estimate of drug-likeness (QED) is 0.645. The van der Waals surface area contributed by atoms with Crippen molar-refractivity contribution in [2.75, 3.05) is 0 Å². The van der Waals surface area contributed by atoms with E-state index in [1.165, 1.54) is 0 Å². The summed E-state index contributed by atoms with van der Waals surface area (Å²) in [5.74, 6) is 0. The Hall–Kier alpha value is -2.87. The molecule has 0 saturated carbocycles. The fraction of sp³-hybridized carbons (Fsp3) is 0.350. The number of benzene rings is 1. The van der Waals surface area contributed by atoms with Crippen molar-refractivity contribution in [1.82, 2.24) is 19.4 Å². The molecule has 0 fully saturated rings. The number of aromatic amines is 2. The number of carbonyl (C=O) groups is 1. The molecule has 0 aliphatic carbocycles. The summed E-state index contributed by atoms with van der Waals surface area (Å²) in [6, 6.07) is 8.00. The smallest absolute Gasteiger partial charge is 0.410 e. The Morgan fingerprint density at radius 1 is 1.21 bits per heavy atom. The summed E-state index contributed by atoms with van der Waals surface area (Å²) in [5.41, 5.74) is 3.81. The zero-order chi connectivity index (χ0) is 20.1. The Labute approximate surface area is 166 Å². The topological polar surface area (TPSA) is 83.1 Å². The minimum Gasteiger partial charge on any atom is -0.444 e. The molecule has 1 amide bonds. The number of ether oxygens (including phenoxy) is 1. The Kier molecular flexibility index (Phi) is 4.38. The maximum Gasteiger partial charge on any atom is 0.410 e. The van der Waals surface area contributed by atoms with Gasteiger partial charge in [0.15, 0.2) is 4.77 Å². The number of nitrogens with one attached hydrogen (secondary N) is 2. The Bertz CT molecular complexity index is 1180. The van der Waals surface area contributed by atoms with Crippen molar-refractivity contribution in [3.05, 3.63) is 62.3 Å². The van der Waals surface area contributed by atoms with Crippen LogP contribution in [0.2, 0.25) is 0 Å². The van der Waals surface area contributed by atoms with Gasteiger partial charge in [-0.1, -0.05) is 18.2 Å². The molecular formula is C20H22N4O3S. The lowest BCUT2D eigenvalue weighted by atomic mass is 10.1. The molecular weight excluding hydrogens is 376 g/mol. The molecule has 0 bridgehead atoms. The van der Waals surface area contributed by atoms with Gasteiger partial charge in [-0.3, -0.25) is 14.7 Å². The van der Waals surface area contributed by atoms with Gasteiger partial charge in [0, 0.05) is 19.3 Å². The number of H-pyrrole nitrogens is 2. The van der Waals surface area contributed by atoms with E-state index in [-0.39, 0.29) is 11.7 Å². The van der Waals surface area contributed by atoms with Crippen molar-refractivity contribution >= 4 is 29.3 Å². The van der Waals surface area contributed by atoms with Gasteiger partial charge in [0.1, 0.15) is 11.1 Å². The van der Waals surface area contributed by atoms with Crippen molar-refractivity contribution in [3.63, 3.8) is 0 Å². The summed E-state index contributed by atoms with van der Waals surface area (Å²) in [7, 11) is 0. The highest BCUT2D eigenvalue weighted by Crippen LogP contribution is 2.26. The normalized spacial score (nSPS) is 13.8. The molecule has 28 heavy (non-hydrogen) atoms. The van der Waals surface area contributed by atoms with E-state index in [9.17, 15) is 9.59 Å². The monoisotopic (exact) mass is 398 g/mol. The molecule has 146 valence electrons. The van der Waals surface area contributed by atoms with Crippen LogP contribution < -0.4 is 5.56 Å². The molecule has 4 rings (SSSR count). The van der Waals surface area contributed by atoms with Gasteiger partial charge in [0.25, 0.3) is 5.56 Å². The zero-order valence-corrected chi connectivity index (χ0v) is 16.9. The van der Waals surface area contributed by atoms with Crippen LogP contribution in [0.5, 0.6) is 0 Å².